The van der Waals surface area contributed by atoms with Gasteiger partial charge in [-0.15, -0.1) is 0 Å². The van der Waals surface area contributed by atoms with Crippen LogP contribution in [-0.2, 0) is 4.79 Å². The van der Waals surface area contributed by atoms with Crippen molar-refractivity contribution < 1.29 is 4.79 Å². The summed E-state index contributed by atoms with van der Waals surface area (Å²) in [7, 11) is 0. The first-order valence-corrected chi connectivity index (χ1v) is 6.81. The SMILES string of the molecule is CC(=O)C1CCCCCCCCCCC1. The maximum Gasteiger partial charge on any atom is 0.132 e. The van der Waals surface area contributed by atoms with Crippen LogP contribution in [0.15, 0.2) is 0 Å². The molecule has 1 rings (SSSR count). The Hall–Kier alpha value is -0.330. The molecule has 0 aromatic carbocycles. The molecule has 1 aliphatic carbocycles. The Kier molecular flexibility index (Phi) is 6.71. The summed E-state index contributed by atoms with van der Waals surface area (Å²) in [6, 6.07) is 0. The van der Waals surface area contributed by atoms with Crippen LogP contribution in [0.4, 0.5) is 0 Å². The molecular weight excluding hydrogens is 184 g/mol. The minimum Gasteiger partial charge on any atom is -0.300 e. The molecule has 0 heterocycles. The van der Waals surface area contributed by atoms with Gasteiger partial charge in [-0.2, -0.15) is 0 Å². The first-order valence-electron chi connectivity index (χ1n) is 6.81. The van der Waals surface area contributed by atoms with Gasteiger partial charge < -0.3 is 0 Å². The van der Waals surface area contributed by atoms with Crippen LogP contribution in [-0.4, -0.2) is 5.78 Å². The summed E-state index contributed by atoms with van der Waals surface area (Å²) in [5.74, 6) is 0.802. The average Bonchev–Trinajstić information content (AvgIpc) is 2.18. The summed E-state index contributed by atoms with van der Waals surface area (Å²) in [4.78, 5) is 11.4. The van der Waals surface area contributed by atoms with E-state index in [2.05, 4.69) is 0 Å². The molecule has 88 valence electrons. The highest BCUT2D eigenvalue weighted by atomic mass is 16.1. The minimum absolute atomic E-state index is 0.379. The fraction of sp³-hybridized carbons (Fsp3) is 0.929. The van der Waals surface area contributed by atoms with Gasteiger partial charge in [0.05, 0.1) is 0 Å². The van der Waals surface area contributed by atoms with E-state index in [0.717, 1.165) is 12.8 Å². The van der Waals surface area contributed by atoms with Crippen LogP contribution in [0.1, 0.15) is 77.6 Å². The van der Waals surface area contributed by atoms with Gasteiger partial charge in [0.2, 0.25) is 0 Å². The van der Waals surface area contributed by atoms with Gasteiger partial charge in [-0.05, 0) is 19.8 Å². The maximum atomic E-state index is 11.4. The second-order valence-corrected chi connectivity index (χ2v) is 5.07. The molecular formula is C14H26O. The molecule has 1 heteroatoms. The van der Waals surface area contributed by atoms with E-state index < -0.39 is 0 Å². The topological polar surface area (TPSA) is 17.1 Å². The van der Waals surface area contributed by atoms with E-state index in [1.165, 1.54) is 57.8 Å². The van der Waals surface area contributed by atoms with Crippen molar-refractivity contribution in [2.75, 3.05) is 0 Å². The van der Waals surface area contributed by atoms with E-state index in [0.29, 0.717) is 11.7 Å². The van der Waals surface area contributed by atoms with Crippen molar-refractivity contribution in [3.63, 3.8) is 0 Å². The van der Waals surface area contributed by atoms with Crippen molar-refractivity contribution in [3.8, 4) is 0 Å². The third kappa shape index (κ3) is 5.96. The second-order valence-electron chi connectivity index (χ2n) is 5.07. The van der Waals surface area contributed by atoms with Crippen LogP contribution in [0, 0.1) is 5.92 Å². The summed E-state index contributed by atoms with van der Waals surface area (Å²) >= 11 is 0. The van der Waals surface area contributed by atoms with E-state index in [9.17, 15) is 4.79 Å². The van der Waals surface area contributed by atoms with Gasteiger partial charge in [-0.25, -0.2) is 0 Å². The predicted molar refractivity (Wildman–Crippen MR) is 65.0 cm³/mol. The van der Waals surface area contributed by atoms with E-state index >= 15 is 0 Å². The standard InChI is InChI=1S/C14H26O/c1-13(15)14-11-9-7-5-3-2-4-6-8-10-12-14/h14H,2-12H2,1H3. The van der Waals surface area contributed by atoms with Gasteiger partial charge in [0.1, 0.15) is 5.78 Å². The van der Waals surface area contributed by atoms with Gasteiger partial charge in [0, 0.05) is 5.92 Å². The summed E-state index contributed by atoms with van der Waals surface area (Å²) in [5.41, 5.74) is 0. The highest BCUT2D eigenvalue weighted by molar-refractivity contribution is 5.78. The maximum absolute atomic E-state index is 11.4. The number of carbonyl (C=O) groups excluding carboxylic acids is 1. The van der Waals surface area contributed by atoms with Crippen LogP contribution in [0.25, 0.3) is 0 Å². The molecule has 0 unspecified atom stereocenters. The summed E-state index contributed by atoms with van der Waals surface area (Å²) in [6.45, 7) is 1.77. The lowest BCUT2D eigenvalue weighted by molar-refractivity contribution is -0.121. The third-order valence-corrected chi connectivity index (χ3v) is 3.68. The van der Waals surface area contributed by atoms with Crippen LogP contribution >= 0.6 is 0 Å². The molecule has 0 aromatic rings. The molecule has 0 aliphatic heterocycles. The Morgan fingerprint density at radius 3 is 1.40 bits per heavy atom. The number of hydrogen-bond acceptors (Lipinski definition) is 1. The molecule has 0 saturated heterocycles. The normalized spacial score (nSPS) is 22.7. The fourth-order valence-corrected chi connectivity index (χ4v) is 2.57. The van der Waals surface area contributed by atoms with E-state index in [1.54, 1.807) is 6.92 Å². The zero-order valence-corrected chi connectivity index (χ0v) is 10.3. The molecule has 0 spiro atoms. The number of hydrogen-bond donors (Lipinski definition) is 0. The molecule has 0 N–H and O–H groups in total. The van der Waals surface area contributed by atoms with E-state index in [4.69, 9.17) is 0 Å². The molecule has 0 radical (unpaired) electrons. The van der Waals surface area contributed by atoms with Gasteiger partial charge >= 0.3 is 0 Å². The second kappa shape index (κ2) is 7.90. The van der Waals surface area contributed by atoms with Crippen LogP contribution < -0.4 is 0 Å². The predicted octanol–water partition coefficient (Wildman–Crippen LogP) is 4.50. The molecule has 0 bridgehead atoms. The quantitative estimate of drug-likeness (QED) is 0.623. The van der Waals surface area contributed by atoms with E-state index in [-0.39, 0.29) is 0 Å². The molecule has 1 aliphatic rings. The van der Waals surface area contributed by atoms with Crippen LogP contribution in [0.2, 0.25) is 0 Å². The fourth-order valence-electron chi connectivity index (χ4n) is 2.57. The zero-order valence-electron chi connectivity index (χ0n) is 10.3. The highest BCUT2D eigenvalue weighted by Gasteiger charge is 2.13. The van der Waals surface area contributed by atoms with Crippen LogP contribution in [0.3, 0.4) is 0 Å². The van der Waals surface area contributed by atoms with Crippen molar-refractivity contribution in [1.29, 1.82) is 0 Å². The number of Topliss-reactive ketones (excluding diaryl/α,β-unsaturated/α-hetero) is 1. The zero-order chi connectivity index (χ0) is 10.9. The van der Waals surface area contributed by atoms with Crippen molar-refractivity contribution in [1.82, 2.24) is 0 Å². The van der Waals surface area contributed by atoms with Crippen molar-refractivity contribution >= 4 is 5.78 Å². The monoisotopic (exact) mass is 210 g/mol. The molecule has 0 amide bonds. The van der Waals surface area contributed by atoms with Crippen molar-refractivity contribution in [2.24, 2.45) is 5.92 Å². The third-order valence-electron chi connectivity index (χ3n) is 3.68. The Morgan fingerprint density at radius 1 is 0.733 bits per heavy atom. The van der Waals surface area contributed by atoms with Gasteiger partial charge in [0.25, 0.3) is 0 Å². The Labute approximate surface area is 94.6 Å². The largest absolute Gasteiger partial charge is 0.300 e. The van der Waals surface area contributed by atoms with Crippen molar-refractivity contribution in [3.05, 3.63) is 0 Å². The number of carbonyl (C=O) groups is 1. The molecule has 0 aromatic heterocycles. The average molecular weight is 210 g/mol. The molecule has 1 nitrogen and oxygen atoms in total. The van der Waals surface area contributed by atoms with Crippen molar-refractivity contribution in [2.45, 2.75) is 77.6 Å². The first-order chi connectivity index (χ1) is 7.30. The Balaban J connectivity index is 2.28. The molecule has 1 fully saturated rings. The summed E-state index contributed by atoms with van der Waals surface area (Å²) < 4.78 is 0. The van der Waals surface area contributed by atoms with Gasteiger partial charge in [0.15, 0.2) is 0 Å². The Bertz CT molecular complexity index is 162. The molecule has 0 atom stereocenters. The Morgan fingerprint density at radius 2 is 1.07 bits per heavy atom. The number of ketones is 1. The smallest absolute Gasteiger partial charge is 0.132 e. The molecule has 1 saturated carbocycles. The van der Waals surface area contributed by atoms with Gasteiger partial charge in [-0.3, -0.25) is 4.79 Å². The van der Waals surface area contributed by atoms with Crippen LogP contribution in [0.5, 0.6) is 0 Å². The molecule has 15 heavy (non-hydrogen) atoms. The lowest BCUT2D eigenvalue weighted by Crippen LogP contribution is -2.11. The number of rotatable bonds is 1. The summed E-state index contributed by atoms with van der Waals surface area (Å²) in [5, 5.41) is 0. The highest BCUT2D eigenvalue weighted by Crippen LogP contribution is 2.21. The first kappa shape index (κ1) is 12.7. The summed E-state index contributed by atoms with van der Waals surface area (Å²) in [6.07, 6.45) is 14.5. The van der Waals surface area contributed by atoms with Gasteiger partial charge in [-0.1, -0.05) is 57.8 Å². The minimum atomic E-state index is 0.379. The van der Waals surface area contributed by atoms with E-state index in [1.807, 2.05) is 0 Å². The lowest BCUT2D eigenvalue weighted by Gasteiger charge is -2.14. The lowest BCUT2D eigenvalue weighted by atomic mass is 9.90.